The molecule has 0 aliphatic carbocycles. The third kappa shape index (κ3) is 3.05. The minimum absolute atomic E-state index is 0.0857. The van der Waals surface area contributed by atoms with Crippen LogP contribution in [0.15, 0.2) is 40.0 Å². The van der Waals surface area contributed by atoms with E-state index in [1.54, 1.807) is 13.0 Å². The average molecular weight is 355 g/mol. The number of aromatic nitrogens is 5. The summed E-state index contributed by atoms with van der Waals surface area (Å²) in [5.74, 6) is 0.0160. The first-order chi connectivity index (χ1) is 12.2. The number of fused-ring (bicyclic) bond motifs is 3. The Hall–Kier alpha value is -2.94. The average Bonchev–Trinajstić information content (AvgIpc) is 3.24. The second kappa shape index (κ2) is 6.52. The summed E-state index contributed by atoms with van der Waals surface area (Å²) in [6.07, 6.45) is 0. The Morgan fingerprint density at radius 2 is 2.20 bits per heavy atom. The number of thioether (sulfide) groups is 1. The Kier molecular flexibility index (Phi) is 4.06. The first kappa shape index (κ1) is 15.6. The predicted molar refractivity (Wildman–Crippen MR) is 91.2 cm³/mol. The normalized spacial score (nSPS) is 11.2. The van der Waals surface area contributed by atoms with Crippen molar-refractivity contribution in [2.75, 3.05) is 6.61 Å². The van der Waals surface area contributed by atoms with Crippen LogP contribution >= 0.6 is 11.8 Å². The highest BCUT2D eigenvalue weighted by molar-refractivity contribution is 7.98. The molecule has 0 aliphatic rings. The molecule has 0 unspecified atom stereocenters. The lowest BCUT2D eigenvalue weighted by Gasteiger charge is -1.96. The number of carbonyl (C=O) groups is 1. The molecule has 0 bridgehead atoms. The molecule has 3 aromatic heterocycles. The molecule has 0 saturated carbocycles. The zero-order valence-electron chi connectivity index (χ0n) is 13.2. The number of para-hydroxylation sites is 1. The van der Waals surface area contributed by atoms with E-state index in [-0.39, 0.29) is 12.4 Å². The van der Waals surface area contributed by atoms with Crippen molar-refractivity contribution in [3.05, 3.63) is 41.8 Å². The fraction of sp³-hybridized carbons (Fsp3) is 0.188. The molecular formula is C16H13N5O3S. The van der Waals surface area contributed by atoms with E-state index in [0.29, 0.717) is 22.3 Å². The summed E-state index contributed by atoms with van der Waals surface area (Å²) in [5.41, 5.74) is 3.00. The Bertz CT molecular complexity index is 1060. The molecule has 9 heteroatoms. The number of H-pyrrole nitrogens is 1. The van der Waals surface area contributed by atoms with E-state index < -0.39 is 5.97 Å². The van der Waals surface area contributed by atoms with Gasteiger partial charge in [-0.1, -0.05) is 35.1 Å². The van der Waals surface area contributed by atoms with E-state index in [1.807, 2.05) is 24.3 Å². The summed E-state index contributed by atoms with van der Waals surface area (Å²) in [4.78, 5) is 19.3. The molecule has 0 spiro atoms. The highest BCUT2D eigenvalue weighted by Crippen LogP contribution is 2.24. The largest absolute Gasteiger partial charge is 0.460 e. The first-order valence-corrected chi connectivity index (χ1v) is 8.60. The molecule has 8 nitrogen and oxygen atoms in total. The lowest BCUT2D eigenvalue weighted by atomic mass is 10.2. The standard InChI is InChI=1S/C16H13N5O3S/c1-2-23-15(22)12-7-9(21-24-12)8-25-16-18-14-13(19-20-16)10-5-3-4-6-11(10)17-14/h3-7H,2,8H2,1H3,(H,17,18,20). The summed E-state index contributed by atoms with van der Waals surface area (Å²) >= 11 is 1.36. The molecule has 0 amide bonds. The number of rotatable bonds is 5. The van der Waals surface area contributed by atoms with Crippen molar-refractivity contribution >= 4 is 39.8 Å². The maximum Gasteiger partial charge on any atom is 0.377 e. The van der Waals surface area contributed by atoms with Gasteiger partial charge in [-0.25, -0.2) is 9.78 Å². The van der Waals surface area contributed by atoms with E-state index >= 15 is 0 Å². The van der Waals surface area contributed by atoms with Crippen LogP contribution in [0.1, 0.15) is 23.2 Å². The number of hydrogen-bond donors (Lipinski definition) is 1. The van der Waals surface area contributed by atoms with Crippen LogP contribution < -0.4 is 0 Å². The Labute approximate surface area is 146 Å². The summed E-state index contributed by atoms with van der Waals surface area (Å²) in [6, 6.07) is 9.40. The Morgan fingerprint density at radius 3 is 3.08 bits per heavy atom. The molecule has 3 heterocycles. The quantitative estimate of drug-likeness (QED) is 0.430. The number of hydrogen-bond acceptors (Lipinski definition) is 8. The van der Waals surface area contributed by atoms with Crippen LogP contribution in [0.5, 0.6) is 0 Å². The van der Waals surface area contributed by atoms with Gasteiger partial charge in [0.25, 0.3) is 0 Å². The number of benzene rings is 1. The fourth-order valence-electron chi connectivity index (χ4n) is 2.38. The maximum atomic E-state index is 11.6. The third-order valence-corrected chi connectivity index (χ3v) is 4.36. The molecule has 0 fully saturated rings. The van der Waals surface area contributed by atoms with Crippen LogP contribution in [0, 0.1) is 0 Å². The van der Waals surface area contributed by atoms with E-state index in [2.05, 4.69) is 25.3 Å². The van der Waals surface area contributed by atoms with Crippen molar-refractivity contribution in [1.82, 2.24) is 25.3 Å². The van der Waals surface area contributed by atoms with Gasteiger partial charge >= 0.3 is 5.97 Å². The van der Waals surface area contributed by atoms with Gasteiger partial charge in [0.15, 0.2) is 5.65 Å². The molecule has 1 N–H and O–H groups in total. The lowest BCUT2D eigenvalue weighted by molar-refractivity contribution is 0.0479. The number of ether oxygens (including phenoxy) is 1. The van der Waals surface area contributed by atoms with E-state index in [9.17, 15) is 4.79 Å². The molecule has 4 rings (SSSR count). The van der Waals surface area contributed by atoms with Crippen LogP contribution in [0.3, 0.4) is 0 Å². The summed E-state index contributed by atoms with van der Waals surface area (Å²) in [5, 5.41) is 13.8. The van der Waals surface area contributed by atoms with Crippen LogP contribution in [0.25, 0.3) is 22.1 Å². The Balaban J connectivity index is 1.51. The monoisotopic (exact) mass is 355 g/mol. The van der Waals surface area contributed by atoms with Crippen molar-refractivity contribution in [3.63, 3.8) is 0 Å². The summed E-state index contributed by atoms with van der Waals surface area (Å²) in [6.45, 7) is 2.02. The van der Waals surface area contributed by atoms with Gasteiger partial charge in [0.05, 0.1) is 12.3 Å². The van der Waals surface area contributed by atoms with Crippen molar-refractivity contribution in [1.29, 1.82) is 0 Å². The molecule has 0 radical (unpaired) electrons. The van der Waals surface area contributed by atoms with Gasteiger partial charge in [0.2, 0.25) is 10.9 Å². The second-order valence-corrected chi connectivity index (χ2v) is 6.10. The lowest BCUT2D eigenvalue weighted by Crippen LogP contribution is -2.02. The van der Waals surface area contributed by atoms with Gasteiger partial charge in [0, 0.05) is 22.7 Å². The highest BCUT2D eigenvalue weighted by atomic mass is 32.2. The number of aromatic amines is 1. The van der Waals surface area contributed by atoms with Gasteiger partial charge in [-0.2, -0.15) is 0 Å². The number of nitrogens with one attached hydrogen (secondary N) is 1. The predicted octanol–water partition coefficient (Wildman–Crippen LogP) is 2.96. The molecule has 126 valence electrons. The zero-order chi connectivity index (χ0) is 17.2. The van der Waals surface area contributed by atoms with Gasteiger partial charge in [-0.3, -0.25) is 0 Å². The molecule has 4 aromatic rings. The van der Waals surface area contributed by atoms with Crippen LogP contribution in [-0.4, -0.2) is 37.9 Å². The first-order valence-electron chi connectivity index (χ1n) is 7.61. The van der Waals surface area contributed by atoms with Gasteiger partial charge < -0.3 is 14.2 Å². The van der Waals surface area contributed by atoms with E-state index in [0.717, 1.165) is 16.4 Å². The van der Waals surface area contributed by atoms with Crippen molar-refractivity contribution in [3.8, 4) is 0 Å². The van der Waals surface area contributed by atoms with Crippen molar-refractivity contribution in [2.24, 2.45) is 0 Å². The maximum absolute atomic E-state index is 11.6. The molecule has 25 heavy (non-hydrogen) atoms. The molecule has 0 atom stereocenters. The van der Waals surface area contributed by atoms with Gasteiger partial charge in [-0.15, -0.1) is 10.2 Å². The van der Waals surface area contributed by atoms with Gasteiger partial charge in [-0.05, 0) is 13.0 Å². The van der Waals surface area contributed by atoms with E-state index in [1.165, 1.54) is 11.8 Å². The number of esters is 1. The smallest absolute Gasteiger partial charge is 0.377 e. The summed E-state index contributed by atoms with van der Waals surface area (Å²) in [7, 11) is 0. The van der Waals surface area contributed by atoms with Crippen LogP contribution in [0.4, 0.5) is 0 Å². The SMILES string of the molecule is CCOC(=O)c1cc(CSc2nnc3c(n2)[nH]c2ccccc23)no1. The second-order valence-electron chi connectivity index (χ2n) is 5.15. The number of carbonyl (C=O) groups excluding carboxylic acids is 1. The zero-order valence-corrected chi connectivity index (χ0v) is 14.0. The van der Waals surface area contributed by atoms with Crippen LogP contribution in [0.2, 0.25) is 0 Å². The highest BCUT2D eigenvalue weighted by Gasteiger charge is 2.15. The number of nitrogens with zero attached hydrogens (tertiary/aromatic N) is 4. The van der Waals surface area contributed by atoms with Crippen molar-refractivity contribution in [2.45, 2.75) is 17.8 Å². The molecular weight excluding hydrogens is 342 g/mol. The topological polar surface area (TPSA) is 107 Å². The van der Waals surface area contributed by atoms with Crippen molar-refractivity contribution < 1.29 is 14.1 Å². The third-order valence-electron chi connectivity index (χ3n) is 3.49. The summed E-state index contributed by atoms with van der Waals surface area (Å²) < 4.78 is 9.84. The molecule has 1 aromatic carbocycles. The van der Waals surface area contributed by atoms with Crippen LogP contribution in [-0.2, 0) is 10.5 Å². The van der Waals surface area contributed by atoms with Gasteiger partial charge in [0.1, 0.15) is 5.52 Å². The fourth-order valence-corrected chi connectivity index (χ4v) is 3.05. The minimum atomic E-state index is -0.524. The minimum Gasteiger partial charge on any atom is -0.460 e. The van der Waals surface area contributed by atoms with E-state index in [4.69, 9.17) is 9.26 Å². The Morgan fingerprint density at radius 1 is 1.32 bits per heavy atom. The molecule has 0 saturated heterocycles. The molecule has 0 aliphatic heterocycles.